The Labute approximate surface area is 228 Å². The van der Waals surface area contributed by atoms with Crippen LogP contribution >= 0.6 is 11.3 Å². The quantitative estimate of drug-likeness (QED) is 0.217. The van der Waals surface area contributed by atoms with Gasteiger partial charge in [-0.1, -0.05) is 72.8 Å². The van der Waals surface area contributed by atoms with Gasteiger partial charge in [-0.15, -0.1) is 11.3 Å². The van der Waals surface area contributed by atoms with Gasteiger partial charge in [-0.3, -0.25) is 0 Å². The van der Waals surface area contributed by atoms with Crippen LogP contribution < -0.4 is 0 Å². The first kappa shape index (κ1) is 21.1. The van der Waals surface area contributed by atoms with Crippen LogP contribution in [0.1, 0.15) is 0 Å². The highest BCUT2D eigenvalue weighted by Gasteiger charge is 2.16. The summed E-state index contributed by atoms with van der Waals surface area (Å²) in [5, 5.41) is 7.84. The minimum absolute atomic E-state index is 1.17. The van der Waals surface area contributed by atoms with Gasteiger partial charge in [0.05, 0.1) is 22.1 Å². The van der Waals surface area contributed by atoms with E-state index in [2.05, 4.69) is 143 Å². The molecule has 3 heterocycles. The molecule has 0 aliphatic carbocycles. The lowest BCUT2D eigenvalue weighted by Crippen LogP contribution is -1.97. The summed E-state index contributed by atoms with van der Waals surface area (Å²) in [6, 6.07) is 48.7. The average molecular weight is 515 g/mol. The van der Waals surface area contributed by atoms with E-state index in [0.717, 1.165) is 0 Å². The van der Waals surface area contributed by atoms with E-state index in [1.54, 1.807) is 0 Å². The Morgan fingerprint density at radius 3 is 1.38 bits per heavy atom. The minimum Gasteiger partial charge on any atom is -0.309 e. The first-order valence-corrected chi connectivity index (χ1v) is 14.1. The molecule has 0 N–H and O–H groups in total. The van der Waals surface area contributed by atoms with Crippen molar-refractivity contribution >= 4 is 75.1 Å². The van der Waals surface area contributed by atoms with Crippen molar-refractivity contribution < 1.29 is 0 Å². The van der Waals surface area contributed by atoms with Gasteiger partial charge in [-0.05, 0) is 60.7 Å². The van der Waals surface area contributed by atoms with Gasteiger partial charge in [0.2, 0.25) is 0 Å². The lowest BCUT2D eigenvalue weighted by Gasteiger charge is -2.11. The van der Waals surface area contributed by atoms with Crippen LogP contribution in [-0.4, -0.2) is 9.13 Å². The predicted molar refractivity (Wildman–Crippen MR) is 168 cm³/mol. The van der Waals surface area contributed by atoms with E-state index in [4.69, 9.17) is 0 Å². The third-order valence-electron chi connectivity index (χ3n) is 8.12. The summed E-state index contributed by atoms with van der Waals surface area (Å²) in [5.74, 6) is 0. The molecule has 182 valence electrons. The number of hydrogen-bond donors (Lipinski definition) is 0. The molecule has 0 aliphatic rings. The van der Waals surface area contributed by atoms with Crippen LogP contribution in [0.3, 0.4) is 0 Å². The molecular weight excluding hydrogens is 492 g/mol. The first-order chi connectivity index (χ1) is 19.3. The number of benzene rings is 6. The number of rotatable bonds is 2. The number of nitrogens with zero attached hydrogens (tertiary/aromatic N) is 2. The van der Waals surface area contributed by atoms with E-state index in [-0.39, 0.29) is 0 Å². The summed E-state index contributed by atoms with van der Waals surface area (Å²) in [6.45, 7) is 0. The molecule has 3 heteroatoms. The topological polar surface area (TPSA) is 9.86 Å². The molecule has 2 nitrogen and oxygen atoms in total. The standard InChI is InChI=1S/C36H22N2S/c1-5-13-31-25(9-1)26-10-2-6-14-32(26)37(31)23-17-19-24(20-18-23)38-33-15-7-3-11-27(33)29-21-30-28-12-4-8-16-35(28)39-36(30)22-34(29)38/h1-22H. The van der Waals surface area contributed by atoms with Gasteiger partial charge < -0.3 is 9.13 Å². The number of hydrogen-bond acceptors (Lipinski definition) is 1. The van der Waals surface area contributed by atoms with Gasteiger partial charge in [0.1, 0.15) is 0 Å². The van der Waals surface area contributed by atoms with E-state index >= 15 is 0 Å². The molecule has 0 fully saturated rings. The second-order valence-corrected chi connectivity index (χ2v) is 11.3. The van der Waals surface area contributed by atoms with E-state index < -0.39 is 0 Å². The van der Waals surface area contributed by atoms with Crippen molar-refractivity contribution in [3.63, 3.8) is 0 Å². The molecule has 39 heavy (non-hydrogen) atoms. The molecule has 0 spiro atoms. The third-order valence-corrected chi connectivity index (χ3v) is 9.25. The number of thiophene rings is 1. The summed E-state index contributed by atoms with van der Waals surface area (Å²) in [6.07, 6.45) is 0. The van der Waals surface area contributed by atoms with Crippen molar-refractivity contribution in [3.05, 3.63) is 133 Å². The van der Waals surface area contributed by atoms with E-state index in [0.29, 0.717) is 0 Å². The lowest BCUT2D eigenvalue weighted by molar-refractivity contribution is 1.15. The Kier molecular flexibility index (Phi) is 4.24. The smallest absolute Gasteiger partial charge is 0.0555 e. The molecule has 0 aliphatic heterocycles. The average Bonchev–Trinajstić information content (AvgIpc) is 3.63. The largest absolute Gasteiger partial charge is 0.309 e. The fraction of sp³-hybridized carbons (Fsp3) is 0. The van der Waals surface area contributed by atoms with Crippen LogP contribution in [-0.2, 0) is 0 Å². The monoisotopic (exact) mass is 514 g/mol. The zero-order valence-corrected chi connectivity index (χ0v) is 21.8. The van der Waals surface area contributed by atoms with Crippen molar-refractivity contribution in [3.8, 4) is 11.4 Å². The highest BCUT2D eigenvalue weighted by molar-refractivity contribution is 7.25. The molecule has 9 aromatic rings. The van der Waals surface area contributed by atoms with Crippen LogP contribution in [0.4, 0.5) is 0 Å². The normalized spacial score (nSPS) is 12.1. The summed E-state index contributed by atoms with van der Waals surface area (Å²) < 4.78 is 7.46. The second kappa shape index (κ2) is 7.83. The Morgan fingerprint density at radius 2 is 0.795 bits per heavy atom. The zero-order valence-electron chi connectivity index (χ0n) is 21.0. The van der Waals surface area contributed by atoms with Crippen molar-refractivity contribution in [1.29, 1.82) is 0 Å². The maximum atomic E-state index is 2.42. The SMILES string of the molecule is c1ccc2c(c1)sc1cc3c(cc12)c1ccccc1n3-c1ccc(-n2c3ccccc3c3ccccc32)cc1. The van der Waals surface area contributed by atoms with Gasteiger partial charge in [0.15, 0.2) is 0 Å². The van der Waals surface area contributed by atoms with Crippen molar-refractivity contribution in [2.45, 2.75) is 0 Å². The minimum atomic E-state index is 1.17. The van der Waals surface area contributed by atoms with Crippen LogP contribution in [0, 0.1) is 0 Å². The van der Waals surface area contributed by atoms with E-state index in [1.165, 1.54) is 75.2 Å². The van der Waals surface area contributed by atoms with Crippen molar-refractivity contribution in [1.82, 2.24) is 9.13 Å². The van der Waals surface area contributed by atoms with E-state index in [9.17, 15) is 0 Å². The predicted octanol–water partition coefficient (Wildman–Crippen LogP) is 10.2. The highest BCUT2D eigenvalue weighted by Crippen LogP contribution is 2.40. The lowest BCUT2D eigenvalue weighted by atomic mass is 10.1. The zero-order chi connectivity index (χ0) is 25.5. The molecular formula is C36H22N2S. The van der Waals surface area contributed by atoms with Crippen LogP contribution in [0.2, 0.25) is 0 Å². The Bertz CT molecular complexity index is 2330. The maximum Gasteiger partial charge on any atom is 0.0555 e. The first-order valence-electron chi connectivity index (χ1n) is 13.3. The number of aromatic nitrogens is 2. The second-order valence-electron chi connectivity index (χ2n) is 10.2. The van der Waals surface area contributed by atoms with Crippen molar-refractivity contribution in [2.24, 2.45) is 0 Å². The molecule has 9 rings (SSSR count). The number of para-hydroxylation sites is 3. The summed E-state index contributed by atoms with van der Waals surface area (Å²) >= 11 is 1.88. The molecule has 0 radical (unpaired) electrons. The van der Waals surface area contributed by atoms with Crippen LogP contribution in [0.5, 0.6) is 0 Å². The fourth-order valence-electron chi connectivity index (χ4n) is 6.42. The molecule has 0 atom stereocenters. The molecule has 0 amide bonds. The Hall–Kier alpha value is -4.86. The Morgan fingerprint density at radius 1 is 0.333 bits per heavy atom. The summed E-state index contributed by atoms with van der Waals surface area (Å²) in [7, 11) is 0. The molecule has 0 saturated carbocycles. The molecule has 0 bridgehead atoms. The van der Waals surface area contributed by atoms with Crippen LogP contribution in [0.25, 0.3) is 75.2 Å². The molecule has 3 aromatic heterocycles. The highest BCUT2D eigenvalue weighted by atomic mass is 32.1. The van der Waals surface area contributed by atoms with Crippen molar-refractivity contribution in [2.75, 3.05) is 0 Å². The van der Waals surface area contributed by atoms with Crippen LogP contribution in [0.15, 0.2) is 133 Å². The molecule has 6 aromatic carbocycles. The maximum absolute atomic E-state index is 2.42. The molecule has 0 unspecified atom stereocenters. The Balaban J connectivity index is 1.29. The van der Waals surface area contributed by atoms with Gasteiger partial charge in [-0.2, -0.15) is 0 Å². The van der Waals surface area contributed by atoms with Gasteiger partial charge in [0, 0.05) is 53.1 Å². The fourth-order valence-corrected chi connectivity index (χ4v) is 7.54. The van der Waals surface area contributed by atoms with E-state index in [1.807, 2.05) is 11.3 Å². The van der Waals surface area contributed by atoms with Gasteiger partial charge in [-0.25, -0.2) is 0 Å². The summed E-state index contributed by atoms with van der Waals surface area (Å²) in [5.41, 5.74) is 7.29. The van der Waals surface area contributed by atoms with Gasteiger partial charge >= 0.3 is 0 Å². The third kappa shape index (κ3) is 2.91. The summed E-state index contributed by atoms with van der Waals surface area (Å²) in [4.78, 5) is 0. The van der Waals surface area contributed by atoms with Gasteiger partial charge in [0.25, 0.3) is 0 Å². The number of fused-ring (bicyclic) bond motifs is 9. The molecule has 0 saturated heterocycles.